The second kappa shape index (κ2) is 9.57. The summed E-state index contributed by atoms with van der Waals surface area (Å²) in [6, 6.07) is 14.6. The van der Waals surface area contributed by atoms with E-state index >= 15 is 0 Å². The molecule has 0 saturated carbocycles. The van der Waals surface area contributed by atoms with E-state index in [-0.39, 0.29) is 12.3 Å². The van der Waals surface area contributed by atoms with Crippen molar-refractivity contribution in [2.45, 2.75) is 19.4 Å². The number of carbonyl (C=O) groups excluding carboxylic acids is 2. The number of anilines is 2. The fourth-order valence-corrected chi connectivity index (χ4v) is 3.11. The molecule has 0 bridgehead atoms. The van der Waals surface area contributed by atoms with Crippen molar-refractivity contribution < 1.29 is 19.1 Å². The Morgan fingerprint density at radius 1 is 1.14 bits per heavy atom. The van der Waals surface area contributed by atoms with Crippen LogP contribution in [0.4, 0.5) is 11.4 Å². The maximum Gasteiger partial charge on any atom is 0.311 e. The minimum Gasteiger partial charge on any atom is -0.452 e. The minimum atomic E-state index is -0.908. The molecule has 1 N–H and O–H groups in total. The zero-order valence-corrected chi connectivity index (χ0v) is 16.4. The standard InChI is InChI=1S/C21H23ClN2O4/c1-15(28-20(25)14-16-4-2-3-5-19(16)22)21(26)23-17-6-8-18(9-7-17)24-10-12-27-13-11-24/h2-9,15H,10-14H2,1H3,(H,23,26). The molecule has 0 aromatic heterocycles. The van der Waals surface area contributed by atoms with Gasteiger partial charge in [0, 0.05) is 29.5 Å². The number of benzene rings is 2. The van der Waals surface area contributed by atoms with Crippen LogP contribution in [0.1, 0.15) is 12.5 Å². The van der Waals surface area contributed by atoms with Crippen molar-refractivity contribution in [2.24, 2.45) is 0 Å². The van der Waals surface area contributed by atoms with Gasteiger partial charge in [-0.05, 0) is 42.8 Å². The summed E-state index contributed by atoms with van der Waals surface area (Å²) in [5.41, 5.74) is 2.40. The maximum absolute atomic E-state index is 12.3. The molecule has 6 nitrogen and oxygen atoms in total. The first-order chi connectivity index (χ1) is 13.5. The zero-order valence-electron chi connectivity index (χ0n) is 15.7. The highest BCUT2D eigenvalue weighted by molar-refractivity contribution is 6.31. The summed E-state index contributed by atoms with van der Waals surface area (Å²) in [5, 5.41) is 3.26. The largest absolute Gasteiger partial charge is 0.452 e. The fraction of sp³-hybridized carbons (Fsp3) is 0.333. The monoisotopic (exact) mass is 402 g/mol. The van der Waals surface area contributed by atoms with Gasteiger partial charge >= 0.3 is 5.97 Å². The van der Waals surface area contributed by atoms with Crippen molar-refractivity contribution in [2.75, 3.05) is 36.5 Å². The van der Waals surface area contributed by atoms with Crippen molar-refractivity contribution in [1.29, 1.82) is 0 Å². The van der Waals surface area contributed by atoms with Crippen molar-refractivity contribution >= 4 is 34.9 Å². The lowest BCUT2D eigenvalue weighted by Crippen LogP contribution is -2.36. The number of hydrogen-bond acceptors (Lipinski definition) is 5. The lowest BCUT2D eigenvalue weighted by molar-refractivity contribution is -0.152. The molecule has 0 aliphatic carbocycles. The number of ether oxygens (including phenoxy) is 2. The van der Waals surface area contributed by atoms with Gasteiger partial charge in [-0.15, -0.1) is 0 Å². The molecule has 1 fully saturated rings. The quantitative estimate of drug-likeness (QED) is 0.751. The molecule has 0 spiro atoms. The van der Waals surface area contributed by atoms with E-state index < -0.39 is 12.1 Å². The van der Waals surface area contributed by atoms with Crippen LogP contribution in [0.2, 0.25) is 5.02 Å². The van der Waals surface area contributed by atoms with Crippen LogP contribution in [0.25, 0.3) is 0 Å². The number of amides is 1. The third-order valence-corrected chi connectivity index (χ3v) is 4.85. The highest BCUT2D eigenvalue weighted by Crippen LogP contribution is 2.20. The second-order valence-electron chi connectivity index (χ2n) is 6.54. The molecule has 1 heterocycles. The molecule has 1 aliphatic rings. The van der Waals surface area contributed by atoms with Crippen LogP contribution >= 0.6 is 11.6 Å². The van der Waals surface area contributed by atoms with Crippen molar-refractivity contribution in [3.05, 3.63) is 59.1 Å². The second-order valence-corrected chi connectivity index (χ2v) is 6.94. The molecule has 28 heavy (non-hydrogen) atoms. The van der Waals surface area contributed by atoms with Crippen LogP contribution in [0, 0.1) is 0 Å². The van der Waals surface area contributed by atoms with E-state index in [9.17, 15) is 9.59 Å². The summed E-state index contributed by atoms with van der Waals surface area (Å²) in [4.78, 5) is 26.6. The Morgan fingerprint density at radius 3 is 2.50 bits per heavy atom. The Kier molecular flexibility index (Phi) is 6.90. The summed E-state index contributed by atoms with van der Waals surface area (Å²) < 4.78 is 10.6. The first kappa shape index (κ1) is 20.2. The van der Waals surface area contributed by atoms with Gasteiger partial charge in [-0.3, -0.25) is 9.59 Å². The van der Waals surface area contributed by atoms with Crippen LogP contribution in [-0.2, 0) is 25.5 Å². The normalized spacial score (nSPS) is 15.0. The van der Waals surface area contributed by atoms with Crippen molar-refractivity contribution in [3.8, 4) is 0 Å². The third-order valence-electron chi connectivity index (χ3n) is 4.48. The molecular weight excluding hydrogens is 380 g/mol. The number of morpholine rings is 1. The smallest absolute Gasteiger partial charge is 0.311 e. The maximum atomic E-state index is 12.3. The number of hydrogen-bond donors (Lipinski definition) is 1. The summed E-state index contributed by atoms with van der Waals surface area (Å²) in [6.45, 7) is 4.68. The Bertz CT molecular complexity index is 819. The predicted octanol–water partition coefficient (Wildman–Crippen LogP) is 3.29. The predicted molar refractivity (Wildman–Crippen MR) is 109 cm³/mol. The van der Waals surface area contributed by atoms with E-state index in [1.165, 1.54) is 0 Å². The Labute approximate surface area is 169 Å². The highest BCUT2D eigenvalue weighted by atomic mass is 35.5. The lowest BCUT2D eigenvalue weighted by atomic mass is 10.1. The van der Waals surface area contributed by atoms with Crippen molar-refractivity contribution in [1.82, 2.24) is 0 Å². The van der Waals surface area contributed by atoms with E-state index in [2.05, 4.69) is 10.2 Å². The molecule has 0 radical (unpaired) electrons. The third kappa shape index (κ3) is 5.47. The molecular formula is C21H23ClN2O4. The topological polar surface area (TPSA) is 67.9 Å². The first-order valence-corrected chi connectivity index (χ1v) is 9.57. The van der Waals surface area contributed by atoms with Gasteiger partial charge in [0.05, 0.1) is 19.6 Å². The average Bonchev–Trinajstić information content (AvgIpc) is 2.71. The van der Waals surface area contributed by atoms with Gasteiger partial charge in [0.15, 0.2) is 6.10 Å². The van der Waals surface area contributed by atoms with Crippen LogP contribution in [0.3, 0.4) is 0 Å². The van der Waals surface area contributed by atoms with Crippen LogP contribution < -0.4 is 10.2 Å². The van der Waals surface area contributed by atoms with E-state index in [1.54, 1.807) is 31.2 Å². The molecule has 1 unspecified atom stereocenters. The minimum absolute atomic E-state index is 0.0194. The molecule has 1 atom stereocenters. The Hall–Kier alpha value is -2.57. The van der Waals surface area contributed by atoms with Crippen LogP contribution in [0.15, 0.2) is 48.5 Å². The number of esters is 1. The summed E-state index contributed by atoms with van der Waals surface area (Å²) in [7, 11) is 0. The molecule has 2 aromatic rings. The SMILES string of the molecule is CC(OC(=O)Cc1ccccc1Cl)C(=O)Nc1ccc(N2CCOCC2)cc1. The van der Waals surface area contributed by atoms with E-state index in [0.717, 1.165) is 32.0 Å². The molecule has 1 saturated heterocycles. The molecule has 148 valence electrons. The molecule has 7 heteroatoms. The van der Waals surface area contributed by atoms with Gasteiger partial charge in [0.2, 0.25) is 0 Å². The van der Waals surface area contributed by atoms with Gasteiger partial charge in [-0.1, -0.05) is 29.8 Å². The van der Waals surface area contributed by atoms with Crippen LogP contribution in [-0.4, -0.2) is 44.3 Å². The fourth-order valence-electron chi connectivity index (χ4n) is 2.91. The van der Waals surface area contributed by atoms with Gasteiger partial charge in [-0.2, -0.15) is 0 Å². The number of rotatable bonds is 6. The molecule has 1 amide bonds. The summed E-state index contributed by atoms with van der Waals surface area (Å²) >= 11 is 6.05. The number of halogens is 1. The van der Waals surface area contributed by atoms with E-state index in [1.807, 2.05) is 24.3 Å². The number of carbonyl (C=O) groups is 2. The number of nitrogens with one attached hydrogen (secondary N) is 1. The van der Waals surface area contributed by atoms with Crippen LogP contribution in [0.5, 0.6) is 0 Å². The van der Waals surface area contributed by atoms with E-state index in [0.29, 0.717) is 16.3 Å². The van der Waals surface area contributed by atoms with Gasteiger partial charge < -0.3 is 19.7 Å². The first-order valence-electron chi connectivity index (χ1n) is 9.19. The van der Waals surface area contributed by atoms with Gasteiger partial charge in [0.25, 0.3) is 5.91 Å². The Morgan fingerprint density at radius 2 is 1.82 bits per heavy atom. The average molecular weight is 403 g/mol. The highest BCUT2D eigenvalue weighted by Gasteiger charge is 2.19. The van der Waals surface area contributed by atoms with Crippen molar-refractivity contribution in [3.63, 3.8) is 0 Å². The van der Waals surface area contributed by atoms with Gasteiger partial charge in [-0.25, -0.2) is 0 Å². The summed E-state index contributed by atoms with van der Waals surface area (Å²) in [5.74, 6) is -0.884. The van der Waals surface area contributed by atoms with E-state index in [4.69, 9.17) is 21.1 Å². The summed E-state index contributed by atoms with van der Waals surface area (Å²) in [6.07, 6.45) is -0.889. The lowest BCUT2D eigenvalue weighted by Gasteiger charge is -2.28. The van der Waals surface area contributed by atoms with Gasteiger partial charge in [0.1, 0.15) is 0 Å². The number of nitrogens with zero attached hydrogens (tertiary/aromatic N) is 1. The Balaban J connectivity index is 1.50. The molecule has 1 aliphatic heterocycles. The molecule has 2 aromatic carbocycles. The molecule has 3 rings (SSSR count). The zero-order chi connectivity index (χ0) is 19.9.